The first-order chi connectivity index (χ1) is 7.07. The van der Waals surface area contributed by atoms with Gasteiger partial charge in [-0.3, -0.25) is 4.79 Å². The average molecular weight is 214 g/mol. The van der Waals surface area contributed by atoms with Gasteiger partial charge >= 0.3 is 0 Å². The molecule has 3 atom stereocenters. The Kier molecular flexibility index (Phi) is 4.54. The van der Waals surface area contributed by atoms with E-state index in [0.717, 1.165) is 12.8 Å². The number of rotatable bonds is 4. The van der Waals surface area contributed by atoms with Gasteiger partial charge in [0, 0.05) is 19.7 Å². The normalized spacial score (nSPS) is 27.7. The van der Waals surface area contributed by atoms with E-state index in [1.807, 2.05) is 25.8 Å². The highest BCUT2D eigenvalue weighted by atomic mass is 16.5. The van der Waals surface area contributed by atoms with Gasteiger partial charge in [0.2, 0.25) is 5.91 Å². The van der Waals surface area contributed by atoms with Crippen LogP contribution in [0.4, 0.5) is 0 Å². The number of amides is 1. The van der Waals surface area contributed by atoms with Crippen molar-refractivity contribution in [3.05, 3.63) is 0 Å². The summed E-state index contributed by atoms with van der Waals surface area (Å²) in [6.45, 7) is 5.33. The smallest absolute Gasteiger partial charge is 0.228 e. The zero-order valence-electron chi connectivity index (χ0n) is 9.90. The minimum Gasteiger partial charge on any atom is -0.378 e. The van der Waals surface area contributed by atoms with Gasteiger partial charge in [-0.05, 0) is 33.2 Å². The highest BCUT2D eigenvalue weighted by Crippen LogP contribution is 2.23. The van der Waals surface area contributed by atoms with Crippen LogP contribution in [0.1, 0.15) is 26.7 Å². The quantitative estimate of drug-likeness (QED) is 0.746. The fourth-order valence-corrected chi connectivity index (χ4v) is 1.97. The number of nitrogens with two attached hydrogens (primary N) is 1. The zero-order valence-corrected chi connectivity index (χ0v) is 9.90. The molecule has 1 rings (SSSR count). The van der Waals surface area contributed by atoms with Gasteiger partial charge in [-0.1, -0.05) is 0 Å². The van der Waals surface area contributed by atoms with E-state index < -0.39 is 0 Å². The van der Waals surface area contributed by atoms with E-state index in [0.29, 0.717) is 13.2 Å². The topological polar surface area (TPSA) is 55.6 Å². The number of ether oxygens (including phenoxy) is 1. The molecular formula is C11H22N2O2. The molecule has 0 radical (unpaired) electrons. The SMILES string of the molecule is CC1OCCC1C(=O)N(C)C(C)CCN. The summed E-state index contributed by atoms with van der Waals surface area (Å²) in [6.07, 6.45) is 1.76. The average Bonchev–Trinajstić information content (AvgIpc) is 2.62. The van der Waals surface area contributed by atoms with Gasteiger partial charge in [-0.15, -0.1) is 0 Å². The van der Waals surface area contributed by atoms with Gasteiger partial charge < -0.3 is 15.4 Å². The van der Waals surface area contributed by atoms with Gasteiger partial charge in [0.15, 0.2) is 0 Å². The molecule has 0 aromatic carbocycles. The van der Waals surface area contributed by atoms with Crippen molar-refractivity contribution in [3.63, 3.8) is 0 Å². The van der Waals surface area contributed by atoms with Crippen LogP contribution in [0.15, 0.2) is 0 Å². The Hall–Kier alpha value is -0.610. The lowest BCUT2D eigenvalue weighted by Gasteiger charge is -2.28. The third-order valence-electron chi connectivity index (χ3n) is 3.29. The van der Waals surface area contributed by atoms with Gasteiger partial charge in [-0.25, -0.2) is 0 Å². The van der Waals surface area contributed by atoms with Gasteiger partial charge in [-0.2, -0.15) is 0 Å². The number of hydrogen-bond acceptors (Lipinski definition) is 3. The van der Waals surface area contributed by atoms with E-state index in [1.165, 1.54) is 0 Å². The summed E-state index contributed by atoms with van der Waals surface area (Å²) in [5, 5.41) is 0. The highest BCUT2D eigenvalue weighted by Gasteiger charge is 2.33. The van der Waals surface area contributed by atoms with Crippen molar-refractivity contribution >= 4 is 5.91 Å². The third kappa shape index (κ3) is 2.92. The monoisotopic (exact) mass is 214 g/mol. The molecule has 0 aromatic rings. The van der Waals surface area contributed by atoms with Crippen LogP contribution in [0, 0.1) is 5.92 Å². The maximum Gasteiger partial charge on any atom is 0.228 e. The molecule has 15 heavy (non-hydrogen) atoms. The van der Waals surface area contributed by atoms with E-state index in [2.05, 4.69) is 0 Å². The van der Waals surface area contributed by atoms with Crippen LogP contribution in [0.3, 0.4) is 0 Å². The van der Waals surface area contributed by atoms with E-state index in [1.54, 1.807) is 0 Å². The van der Waals surface area contributed by atoms with Crippen LogP contribution in [0.25, 0.3) is 0 Å². The Morgan fingerprint density at radius 2 is 2.33 bits per heavy atom. The highest BCUT2D eigenvalue weighted by molar-refractivity contribution is 5.79. The van der Waals surface area contributed by atoms with Crippen molar-refractivity contribution in [1.82, 2.24) is 4.90 Å². The molecule has 1 saturated heterocycles. The van der Waals surface area contributed by atoms with Gasteiger partial charge in [0.05, 0.1) is 12.0 Å². The zero-order chi connectivity index (χ0) is 11.4. The van der Waals surface area contributed by atoms with Gasteiger partial charge in [0.25, 0.3) is 0 Å². The predicted molar refractivity (Wildman–Crippen MR) is 59.4 cm³/mol. The molecule has 0 bridgehead atoms. The minimum absolute atomic E-state index is 0.0372. The molecule has 0 aromatic heterocycles. The fourth-order valence-electron chi connectivity index (χ4n) is 1.97. The minimum atomic E-state index is 0.0372. The second-order valence-corrected chi connectivity index (χ2v) is 4.35. The third-order valence-corrected chi connectivity index (χ3v) is 3.29. The van der Waals surface area contributed by atoms with Crippen LogP contribution >= 0.6 is 0 Å². The first-order valence-corrected chi connectivity index (χ1v) is 5.66. The summed E-state index contributed by atoms with van der Waals surface area (Å²) < 4.78 is 5.40. The van der Waals surface area contributed by atoms with Crippen molar-refractivity contribution in [2.45, 2.75) is 38.8 Å². The lowest BCUT2D eigenvalue weighted by molar-refractivity contribution is -0.137. The Morgan fingerprint density at radius 1 is 1.67 bits per heavy atom. The van der Waals surface area contributed by atoms with Crippen LogP contribution in [0.2, 0.25) is 0 Å². The standard InChI is InChI=1S/C11H22N2O2/c1-8(4-6-12)13(3)11(14)10-5-7-15-9(10)2/h8-10H,4-7,12H2,1-3H3. The Morgan fingerprint density at radius 3 is 2.80 bits per heavy atom. The lowest BCUT2D eigenvalue weighted by Crippen LogP contribution is -2.41. The molecule has 1 fully saturated rings. The van der Waals surface area contributed by atoms with Crippen molar-refractivity contribution in [1.29, 1.82) is 0 Å². The second kappa shape index (κ2) is 5.47. The first kappa shape index (κ1) is 12.5. The molecule has 3 unspecified atom stereocenters. The van der Waals surface area contributed by atoms with Crippen molar-refractivity contribution in [3.8, 4) is 0 Å². The van der Waals surface area contributed by atoms with Crippen LogP contribution in [0.5, 0.6) is 0 Å². The summed E-state index contributed by atoms with van der Waals surface area (Å²) in [6, 6.07) is 0.218. The molecular weight excluding hydrogens is 192 g/mol. The predicted octanol–water partition coefficient (Wildman–Crippen LogP) is 0.607. The summed E-state index contributed by atoms with van der Waals surface area (Å²) in [5.74, 6) is 0.233. The lowest BCUT2D eigenvalue weighted by atomic mass is 10.00. The number of nitrogens with zero attached hydrogens (tertiary/aromatic N) is 1. The Balaban J connectivity index is 2.51. The van der Waals surface area contributed by atoms with Gasteiger partial charge in [0.1, 0.15) is 0 Å². The molecule has 1 aliphatic rings. The van der Waals surface area contributed by atoms with Crippen LogP contribution in [-0.2, 0) is 9.53 Å². The number of carbonyl (C=O) groups is 1. The van der Waals surface area contributed by atoms with Crippen molar-refractivity contribution < 1.29 is 9.53 Å². The van der Waals surface area contributed by atoms with E-state index in [-0.39, 0.29) is 24.0 Å². The second-order valence-electron chi connectivity index (χ2n) is 4.35. The molecule has 4 nitrogen and oxygen atoms in total. The van der Waals surface area contributed by atoms with Crippen LogP contribution < -0.4 is 5.73 Å². The Bertz CT molecular complexity index is 221. The summed E-state index contributed by atoms with van der Waals surface area (Å²) in [4.78, 5) is 13.9. The van der Waals surface area contributed by atoms with Crippen molar-refractivity contribution in [2.75, 3.05) is 20.2 Å². The number of carbonyl (C=O) groups excluding carboxylic acids is 1. The van der Waals surface area contributed by atoms with E-state index >= 15 is 0 Å². The van der Waals surface area contributed by atoms with Crippen molar-refractivity contribution in [2.24, 2.45) is 11.7 Å². The fraction of sp³-hybridized carbons (Fsp3) is 0.909. The summed E-state index contributed by atoms with van der Waals surface area (Å²) >= 11 is 0. The molecule has 0 aliphatic carbocycles. The summed E-state index contributed by atoms with van der Waals surface area (Å²) in [5.41, 5.74) is 5.49. The first-order valence-electron chi connectivity index (χ1n) is 5.66. The number of hydrogen-bond donors (Lipinski definition) is 1. The molecule has 1 heterocycles. The maximum absolute atomic E-state index is 12.1. The molecule has 1 amide bonds. The largest absolute Gasteiger partial charge is 0.378 e. The van der Waals surface area contributed by atoms with E-state index in [4.69, 9.17) is 10.5 Å². The maximum atomic E-state index is 12.1. The molecule has 2 N–H and O–H groups in total. The molecule has 0 saturated carbocycles. The molecule has 0 spiro atoms. The van der Waals surface area contributed by atoms with E-state index in [9.17, 15) is 4.79 Å². The molecule has 1 aliphatic heterocycles. The molecule has 88 valence electrons. The summed E-state index contributed by atoms with van der Waals surface area (Å²) in [7, 11) is 1.85. The molecule has 4 heteroatoms. The Labute approximate surface area is 91.8 Å². The van der Waals surface area contributed by atoms with Crippen LogP contribution in [-0.4, -0.2) is 43.2 Å².